The number of hydrogen-bond acceptors (Lipinski definition) is 4. The Morgan fingerprint density at radius 2 is 1.88 bits per heavy atom. The van der Waals surface area contributed by atoms with Crippen molar-refractivity contribution in [3.05, 3.63) is 24.3 Å². The lowest BCUT2D eigenvalue weighted by Crippen LogP contribution is -2.38. The van der Waals surface area contributed by atoms with Gasteiger partial charge in [-0.1, -0.05) is 25.3 Å². The average molecular weight is 402 g/mol. The molecule has 0 radical (unpaired) electrons. The van der Waals surface area contributed by atoms with Gasteiger partial charge >= 0.3 is 0 Å². The monoisotopic (exact) mass is 401 g/mol. The van der Waals surface area contributed by atoms with Gasteiger partial charge in [0.2, 0.25) is 15.9 Å². The fourth-order valence-electron chi connectivity index (χ4n) is 3.68. The van der Waals surface area contributed by atoms with Crippen LogP contribution < -0.4 is 10.6 Å². The Hall–Kier alpha value is -1.15. The zero-order valence-corrected chi connectivity index (χ0v) is 16.7. The molecule has 1 aromatic carbocycles. The van der Waals surface area contributed by atoms with E-state index >= 15 is 0 Å². The topological polar surface area (TPSA) is 78.5 Å². The Balaban J connectivity index is 0.00000243. The molecule has 1 aliphatic carbocycles. The summed E-state index contributed by atoms with van der Waals surface area (Å²) in [5, 5.41) is 5.97. The molecule has 1 atom stereocenters. The number of benzene rings is 1. The van der Waals surface area contributed by atoms with Crippen molar-refractivity contribution < 1.29 is 13.2 Å². The molecule has 1 aliphatic heterocycles. The lowest BCUT2D eigenvalue weighted by molar-refractivity contribution is -0.117. The molecule has 1 amide bonds. The third kappa shape index (κ3) is 4.76. The summed E-state index contributed by atoms with van der Waals surface area (Å²) in [4.78, 5) is 12.5. The molecule has 2 N–H and O–H groups in total. The maximum Gasteiger partial charge on any atom is 0.243 e. The Morgan fingerprint density at radius 1 is 1.15 bits per heavy atom. The molecule has 0 spiro atoms. The minimum Gasteiger partial charge on any atom is -0.325 e. The molecular weight excluding hydrogens is 374 g/mol. The van der Waals surface area contributed by atoms with Gasteiger partial charge in [-0.2, -0.15) is 4.31 Å². The maximum atomic E-state index is 12.9. The molecule has 2 fully saturated rings. The van der Waals surface area contributed by atoms with E-state index in [-0.39, 0.29) is 35.3 Å². The fraction of sp³-hybridized carbons (Fsp3) is 0.611. The van der Waals surface area contributed by atoms with E-state index in [2.05, 4.69) is 10.6 Å². The van der Waals surface area contributed by atoms with E-state index in [1.807, 2.05) is 0 Å². The predicted octanol–water partition coefficient (Wildman–Crippen LogP) is 2.75. The van der Waals surface area contributed by atoms with Crippen molar-refractivity contribution in [2.45, 2.75) is 61.9 Å². The standard InChI is InChI=1S/C18H27N3O3S.ClH/c1-21(15-8-3-2-4-9-15)25(23,24)16-10-5-7-14(13-16)20-18(22)17-11-6-12-19-17;/h5,7,10,13,15,17,19H,2-4,6,8-9,11-12H2,1H3,(H,20,22);1H. The minimum atomic E-state index is -3.55. The largest absolute Gasteiger partial charge is 0.325 e. The highest BCUT2D eigenvalue weighted by molar-refractivity contribution is 7.89. The SMILES string of the molecule is CN(C1CCCCC1)S(=O)(=O)c1cccc(NC(=O)C2CCCN2)c1.Cl. The van der Waals surface area contributed by atoms with Gasteiger partial charge in [0.15, 0.2) is 0 Å². The molecule has 1 saturated carbocycles. The number of sulfonamides is 1. The van der Waals surface area contributed by atoms with E-state index in [0.29, 0.717) is 5.69 Å². The van der Waals surface area contributed by atoms with Crippen molar-refractivity contribution in [2.24, 2.45) is 0 Å². The minimum absolute atomic E-state index is 0. The van der Waals surface area contributed by atoms with Crippen molar-refractivity contribution in [1.82, 2.24) is 9.62 Å². The third-order valence-corrected chi connectivity index (χ3v) is 7.15. The van der Waals surface area contributed by atoms with Gasteiger partial charge in [-0.3, -0.25) is 4.79 Å². The Bertz CT molecular complexity index is 714. The highest BCUT2D eigenvalue weighted by atomic mass is 35.5. The summed E-state index contributed by atoms with van der Waals surface area (Å²) in [6.45, 7) is 0.846. The Kier molecular flexibility index (Phi) is 7.46. The number of carbonyl (C=O) groups is 1. The molecule has 146 valence electrons. The van der Waals surface area contributed by atoms with Gasteiger partial charge in [0.05, 0.1) is 10.9 Å². The van der Waals surface area contributed by atoms with E-state index < -0.39 is 10.0 Å². The number of hydrogen-bond donors (Lipinski definition) is 2. The van der Waals surface area contributed by atoms with Crippen LogP contribution in [-0.4, -0.2) is 44.3 Å². The highest BCUT2D eigenvalue weighted by Crippen LogP contribution is 2.27. The molecule has 3 rings (SSSR count). The molecule has 1 aromatic rings. The van der Waals surface area contributed by atoms with E-state index in [1.165, 1.54) is 10.7 Å². The number of anilines is 1. The highest BCUT2D eigenvalue weighted by Gasteiger charge is 2.29. The first-order chi connectivity index (χ1) is 12.0. The lowest BCUT2D eigenvalue weighted by Gasteiger charge is -2.30. The second kappa shape index (κ2) is 9.17. The maximum absolute atomic E-state index is 12.9. The number of rotatable bonds is 5. The number of carbonyl (C=O) groups excluding carboxylic acids is 1. The number of amides is 1. The summed E-state index contributed by atoms with van der Waals surface area (Å²) < 4.78 is 27.4. The van der Waals surface area contributed by atoms with Gasteiger partial charge in [-0.15, -0.1) is 12.4 Å². The van der Waals surface area contributed by atoms with Crippen LogP contribution in [0.1, 0.15) is 44.9 Å². The van der Waals surface area contributed by atoms with E-state index in [4.69, 9.17) is 0 Å². The van der Waals surface area contributed by atoms with Crippen LogP contribution in [0.15, 0.2) is 29.2 Å². The first-order valence-corrected chi connectivity index (χ1v) is 10.5. The third-order valence-electron chi connectivity index (χ3n) is 5.24. The first kappa shape index (κ1) is 21.2. The average Bonchev–Trinajstić information content (AvgIpc) is 3.17. The summed E-state index contributed by atoms with van der Waals surface area (Å²) in [7, 11) is -1.88. The van der Waals surface area contributed by atoms with Gasteiger partial charge in [0.25, 0.3) is 0 Å². The van der Waals surface area contributed by atoms with E-state index in [0.717, 1.165) is 45.1 Å². The quantitative estimate of drug-likeness (QED) is 0.795. The zero-order chi connectivity index (χ0) is 17.9. The van der Waals surface area contributed by atoms with Crippen molar-refractivity contribution in [3.8, 4) is 0 Å². The van der Waals surface area contributed by atoms with Crippen LogP contribution >= 0.6 is 12.4 Å². The molecule has 26 heavy (non-hydrogen) atoms. The van der Waals surface area contributed by atoms with Gasteiger partial charge < -0.3 is 10.6 Å². The normalized spacial score (nSPS) is 21.4. The fourth-order valence-corrected chi connectivity index (χ4v) is 5.14. The number of nitrogens with zero attached hydrogens (tertiary/aromatic N) is 1. The smallest absolute Gasteiger partial charge is 0.243 e. The second-order valence-corrected chi connectivity index (χ2v) is 8.98. The van der Waals surface area contributed by atoms with Crippen LogP contribution in [0.3, 0.4) is 0 Å². The second-order valence-electron chi connectivity index (χ2n) is 6.98. The van der Waals surface area contributed by atoms with E-state index in [1.54, 1.807) is 31.3 Å². The predicted molar refractivity (Wildman–Crippen MR) is 105 cm³/mol. The van der Waals surface area contributed by atoms with Crippen LogP contribution in [0, 0.1) is 0 Å². The van der Waals surface area contributed by atoms with Crippen LogP contribution in [0.4, 0.5) is 5.69 Å². The van der Waals surface area contributed by atoms with Gasteiger partial charge in [0.1, 0.15) is 0 Å². The lowest BCUT2D eigenvalue weighted by atomic mass is 9.96. The summed E-state index contributed by atoms with van der Waals surface area (Å²) in [6, 6.07) is 6.44. The van der Waals surface area contributed by atoms with Crippen molar-refractivity contribution >= 4 is 34.0 Å². The number of halogens is 1. The van der Waals surface area contributed by atoms with Gasteiger partial charge in [0, 0.05) is 18.8 Å². The number of nitrogens with one attached hydrogen (secondary N) is 2. The van der Waals surface area contributed by atoms with Crippen LogP contribution in [-0.2, 0) is 14.8 Å². The molecule has 8 heteroatoms. The molecule has 1 heterocycles. The molecule has 6 nitrogen and oxygen atoms in total. The van der Waals surface area contributed by atoms with Crippen LogP contribution in [0.25, 0.3) is 0 Å². The molecule has 0 aromatic heterocycles. The molecule has 1 saturated heterocycles. The summed E-state index contributed by atoms with van der Waals surface area (Å²) >= 11 is 0. The van der Waals surface area contributed by atoms with Gasteiger partial charge in [-0.05, 0) is 50.4 Å². The molecular formula is C18H28ClN3O3S. The molecule has 2 aliphatic rings. The first-order valence-electron chi connectivity index (χ1n) is 9.11. The molecule has 0 bridgehead atoms. The van der Waals surface area contributed by atoms with E-state index in [9.17, 15) is 13.2 Å². The van der Waals surface area contributed by atoms with Crippen molar-refractivity contribution in [2.75, 3.05) is 18.9 Å². The zero-order valence-electron chi connectivity index (χ0n) is 15.1. The van der Waals surface area contributed by atoms with Crippen LogP contribution in [0.5, 0.6) is 0 Å². The summed E-state index contributed by atoms with van der Waals surface area (Å²) in [5.74, 6) is -0.104. The Morgan fingerprint density at radius 3 is 2.54 bits per heavy atom. The summed E-state index contributed by atoms with van der Waals surface area (Å²) in [5.41, 5.74) is 0.525. The van der Waals surface area contributed by atoms with Crippen LogP contribution in [0.2, 0.25) is 0 Å². The Labute approximate surface area is 162 Å². The molecule has 1 unspecified atom stereocenters. The van der Waals surface area contributed by atoms with Gasteiger partial charge in [-0.25, -0.2) is 8.42 Å². The van der Waals surface area contributed by atoms with Crippen molar-refractivity contribution in [1.29, 1.82) is 0 Å². The summed E-state index contributed by atoms with van der Waals surface area (Å²) in [6.07, 6.45) is 6.97. The van der Waals surface area contributed by atoms with Crippen molar-refractivity contribution in [3.63, 3.8) is 0 Å².